The summed E-state index contributed by atoms with van der Waals surface area (Å²) in [6.45, 7) is 5.60. The summed E-state index contributed by atoms with van der Waals surface area (Å²) in [5, 5.41) is 0.178. The predicted molar refractivity (Wildman–Crippen MR) is 53.2 cm³/mol. The summed E-state index contributed by atoms with van der Waals surface area (Å²) < 4.78 is 0. The smallest absolute Gasteiger partial charge is 0.386 e. The molecule has 3 N–H and O–H groups in total. The molecular formula is C9H12O3Si. The number of rotatable bonds is 2. The van der Waals surface area contributed by atoms with E-state index in [-0.39, 0.29) is 5.19 Å². The van der Waals surface area contributed by atoms with Crippen LogP contribution in [0.5, 0.6) is 0 Å². The minimum absolute atomic E-state index is 0.178. The van der Waals surface area contributed by atoms with Crippen molar-refractivity contribution in [3.8, 4) is 0 Å². The van der Waals surface area contributed by atoms with Crippen LogP contribution in [0.25, 0.3) is 5.57 Å². The Balaban J connectivity index is 3.01. The maximum atomic E-state index is 8.95. The molecule has 0 heterocycles. The Hall–Kier alpha value is -0.943. The fraction of sp³-hybridized carbons (Fsp3) is 0.111. The van der Waals surface area contributed by atoms with E-state index in [1.165, 1.54) is 12.1 Å². The van der Waals surface area contributed by atoms with Crippen LogP contribution in [-0.2, 0) is 0 Å². The number of allylic oxidation sites excluding steroid dienone is 1. The zero-order valence-electron chi connectivity index (χ0n) is 7.36. The molecule has 13 heavy (non-hydrogen) atoms. The van der Waals surface area contributed by atoms with E-state index >= 15 is 0 Å². The Morgan fingerprint density at radius 2 is 1.62 bits per heavy atom. The molecule has 0 saturated carbocycles. The molecule has 0 radical (unpaired) electrons. The Bertz CT molecular complexity index is 311. The van der Waals surface area contributed by atoms with Gasteiger partial charge in [-0.25, -0.2) is 0 Å². The van der Waals surface area contributed by atoms with Gasteiger partial charge in [0.15, 0.2) is 0 Å². The lowest BCUT2D eigenvalue weighted by atomic mass is 10.1. The largest absolute Gasteiger partial charge is 0.528 e. The second kappa shape index (κ2) is 3.43. The lowest BCUT2D eigenvalue weighted by Gasteiger charge is -2.09. The zero-order chi connectivity index (χ0) is 10.1. The summed E-state index contributed by atoms with van der Waals surface area (Å²) in [5.41, 5.74) is 1.81. The first kappa shape index (κ1) is 10.1. The summed E-state index contributed by atoms with van der Waals surface area (Å²) in [6.07, 6.45) is 0. The fourth-order valence-electron chi connectivity index (χ4n) is 0.978. The lowest BCUT2D eigenvalue weighted by molar-refractivity contribution is 0.250. The van der Waals surface area contributed by atoms with E-state index in [0.29, 0.717) is 0 Å². The molecule has 4 heteroatoms. The van der Waals surface area contributed by atoms with E-state index in [4.69, 9.17) is 14.4 Å². The molecular weight excluding hydrogens is 184 g/mol. The third kappa shape index (κ3) is 2.50. The van der Waals surface area contributed by atoms with Crippen LogP contribution in [0, 0.1) is 0 Å². The standard InChI is InChI=1S/C9H12O3Si/c1-7(2)8-3-5-9(6-4-8)13(10,11)12/h3-6,10-12H,1H2,2H3. The molecule has 0 aliphatic heterocycles. The lowest BCUT2D eigenvalue weighted by Crippen LogP contribution is -2.48. The molecule has 0 atom stereocenters. The number of hydrogen-bond donors (Lipinski definition) is 3. The van der Waals surface area contributed by atoms with E-state index in [1.54, 1.807) is 12.1 Å². The minimum atomic E-state index is -4.12. The van der Waals surface area contributed by atoms with Gasteiger partial charge in [-0.05, 0) is 12.5 Å². The SMILES string of the molecule is C=C(C)c1ccc([Si](O)(O)O)cc1. The molecule has 0 fully saturated rings. The molecule has 0 saturated heterocycles. The Morgan fingerprint density at radius 3 is 1.92 bits per heavy atom. The first-order valence-electron chi connectivity index (χ1n) is 3.85. The number of benzene rings is 1. The fourth-order valence-corrected chi connectivity index (χ4v) is 1.59. The molecule has 1 rings (SSSR count). The van der Waals surface area contributed by atoms with E-state index in [2.05, 4.69) is 6.58 Å². The molecule has 0 aliphatic rings. The minimum Gasteiger partial charge on any atom is -0.386 e. The quantitative estimate of drug-likeness (QED) is 0.576. The topological polar surface area (TPSA) is 60.7 Å². The molecule has 0 aromatic heterocycles. The highest BCUT2D eigenvalue weighted by Gasteiger charge is 2.29. The molecule has 1 aromatic rings. The van der Waals surface area contributed by atoms with Gasteiger partial charge < -0.3 is 14.4 Å². The third-order valence-electron chi connectivity index (χ3n) is 1.76. The first-order chi connectivity index (χ1) is 5.91. The predicted octanol–water partition coefficient (Wildman–Crippen LogP) is -0.157. The zero-order valence-corrected chi connectivity index (χ0v) is 8.36. The molecule has 1 aromatic carbocycles. The molecule has 3 nitrogen and oxygen atoms in total. The summed E-state index contributed by atoms with van der Waals surface area (Å²) in [4.78, 5) is 26.8. The van der Waals surface area contributed by atoms with Crippen LogP contribution in [-0.4, -0.2) is 23.2 Å². The Labute approximate surface area is 78.0 Å². The van der Waals surface area contributed by atoms with Gasteiger partial charge >= 0.3 is 8.80 Å². The monoisotopic (exact) mass is 196 g/mol. The molecule has 0 bridgehead atoms. The van der Waals surface area contributed by atoms with Crippen LogP contribution in [0.15, 0.2) is 30.8 Å². The Morgan fingerprint density at radius 1 is 1.15 bits per heavy atom. The van der Waals surface area contributed by atoms with Crippen molar-refractivity contribution in [1.29, 1.82) is 0 Å². The average Bonchev–Trinajstić information content (AvgIpc) is 2.03. The van der Waals surface area contributed by atoms with Gasteiger partial charge in [0, 0.05) is 5.19 Å². The first-order valence-corrected chi connectivity index (χ1v) is 5.69. The number of hydrogen-bond acceptors (Lipinski definition) is 3. The molecule has 0 aliphatic carbocycles. The highest BCUT2D eigenvalue weighted by molar-refractivity contribution is 6.71. The van der Waals surface area contributed by atoms with Crippen molar-refractivity contribution in [2.75, 3.05) is 0 Å². The molecule has 0 spiro atoms. The van der Waals surface area contributed by atoms with Crippen LogP contribution >= 0.6 is 0 Å². The van der Waals surface area contributed by atoms with E-state index in [1.807, 2.05) is 6.92 Å². The summed E-state index contributed by atoms with van der Waals surface area (Å²) in [6, 6.07) is 6.39. The van der Waals surface area contributed by atoms with E-state index in [9.17, 15) is 0 Å². The molecule has 0 unspecified atom stereocenters. The van der Waals surface area contributed by atoms with E-state index in [0.717, 1.165) is 11.1 Å². The highest BCUT2D eigenvalue weighted by Crippen LogP contribution is 2.09. The molecule has 70 valence electrons. The van der Waals surface area contributed by atoms with Gasteiger partial charge in [0.05, 0.1) is 0 Å². The van der Waals surface area contributed by atoms with E-state index < -0.39 is 8.80 Å². The van der Waals surface area contributed by atoms with Gasteiger partial charge in [-0.3, -0.25) is 0 Å². The maximum absolute atomic E-state index is 8.95. The van der Waals surface area contributed by atoms with Crippen molar-refractivity contribution in [2.45, 2.75) is 6.92 Å². The van der Waals surface area contributed by atoms with Crippen molar-refractivity contribution in [1.82, 2.24) is 0 Å². The van der Waals surface area contributed by atoms with Gasteiger partial charge in [0.25, 0.3) is 0 Å². The van der Waals surface area contributed by atoms with Gasteiger partial charge in [0.2, 0.25) is 0 Å². The average molecular weight is 196 g/mol. The van der Waals surface area contributed by atoms with Crippen LogP contribution in [0.4, 0.5) is 0 Å². The van der Waals surface area contributed by atoms with Crippen LogP contribution in [0.2, 0.25) is 0 Å². The second-order valence-electron chi connectivity index (χ2n) is 2.99. The van der Waals surface area contributed by atoms with Crippen LogP contribution in [0.1, 0.15) is 12.5 Å². The van der Waals surface area contributed by atoms with Crippen molar-refractivity contribution in [3.05, 3.63) is 36.4 Å². The van der Waals surface area contributed by atoms with Gasteiger partial charge in [-0.2, -0.15) is 0 Å². The third-order valence-corrected chi connectivity index (χ3v) is 2.87. The van der Waals surface area contributed by atoms with Crippen LogP contribution < -0.4 is 5.19 Å². The summed E-state index contributed by atoms with van der Waals surface area (Å²) >= 11 is 0. The van der Waals surface area contributed by atoms with Crippen LogP contribution in [0.3, 0.4) is 0 Å². The second-order valence-corrected chi connectivity index (χ2v) is 4.84. The summed E-state index contributed by atoms with van der Waals surface area (Å²) in [7, 11) is -4.12. The van der Waals surface area contributed by atoms with Crippen molar-refractivity contribution in [2.24, 2.45) is 0 Å². The Kier molecular flexibility index (Phi) is 2.68. The normalized spacial score (nSPS) is 11.4. The van der Waals surface area contributed by atoms with Gasteiger partial charge in [-0.15, -0.1) is 0 Å². The maximum Gasteiger partial charge on any atom is 0.528 e. The molecule has 0 amide bonds. The van der Waals surface area contributed by atoms with Crippen molar-refractivity contribution >= 4 is 19.6 Å². The summed E-state index contributed by atoms with van der Waals surface area (Å²) in [5.74, 6) is 0. The highest BCUT2D eigenvalue weighted by atomic mass is 28.4. The van der Waals surface area contributed by atoms with Gasteiger partial charge in [0.1, 0.15) is 0 Å². The van der Waals surface area contributed by atoms with Crippen molar-refractivity contribution in [3.63, 3.8) is 0 Å². The van der Waals surface area contributed by atoms with Crippen molar-refractivity contribution < 1.29 is 14.4 Å². The van der Waals surface area contributed by atoms with Gasteiger partial charge in [-0.1, -0.05) is 36.4 Å².